The normalized spacial score (nSPS) is 14.4. The Morgan fingerprint density at radius 3 is 3.00 bits per heavy atom. The second-order valence-electron chi connectivity index (χ2n) is 4.78. The van der Waals surface area contributed by atoms with E-state index in [2.05, 4.69) is 16.3 Å². The molecule has 0 radical (unpaired) electrons. The van der Waals surface area contributed by atoms with Crippen LogP contribution >= 0.6 is 34.4 Å². The summed E-state index contributed by atoms with van der Waals surface area (Å²) in [5.41, 5.74) is 8.20. The summed E-state index contributed by atoms with van der Waals surface area (Å²) in [6.45, 7) is 3.51. The molecule has 0 unspecified atom stereocenters. The minimum absolute atomic E-state index is 0.0577. The molecule has 2 aromatic rings. The maximum Gasteiger partial charge on any atom is 0.171 e. The van der Waals surface area contributed by atoms with Gasteiger partial charge in [-0.1, -0.05) is 0 Å². The molecular formula is C14H16N2OS3. The molecule has 0 spiro atoms. The van der Waals surface area contributed by atoms with Gasteiger partial charge >= 0.3 is 0 Å². The zero-order valence-corrected chi connectivity index (χ0v) is 13.9. The van der Waals surface area contributed by atoms with Gasteiger partial charge in [-0.05, 0) is 29.7 Å². The zero-order valence-electron chi connectivity index (χ0n) is 11.4. The fraction of sp³-hybridized carbons (Fsp3) is 0.357. The fourth-order valence-corrected chi connectivity index (χ4v) is 5.50. The first kappa shape index (κ1) is 14.0. The topological polar surface area (TPSA) is 46.3 Å². The Bertz CT molecular complexity index is 659. The van der Waals surface area contributed by atoms with Crippen LogP contribution in [-0.2, 0) is 13.0 Å². The van der Waals surface area contributed by atoms with Crippen molar-refractivity contribution in [2.75, 3.05) is 23.4 Å². The van der Waals surface area contributed by atoms with Crippen LogP contribution in [0.2, 0.25) is 0 Å². The van der Waals surface area contributed by atoms with Gasteiger partial charge in [0.05, 0.1) is 15.5 Å². The van der Waals surface area contributed by atoms with Crippen molar-refractivity contribution < 1.29 is 4.79 Å². The third kappa shape index (κ3) is 2.25. The van der Waals surface area contributed by atoms with Gasteiger partial charge < -0.3 is 10.6 Å². The molecule has 0 aromatic carbocycles. The summed E-state index contributed by atoms with van der Waals surface area (Å²) in [5, 5.41) is 3.31. The predicted molar refractivity (Wildman–Crippen MR) is 89.6 cm³/mol. The van der Waals surface area contributed by atoms with Crippen molar-refractivity contribution in [1.82, 2.24) is 0 Å². The molecule has 2 aromatic heterocycles. The standard InChI is InChI=1S/C14H16N2OS3/c1-8(17)12-11(15)13(18-2)14(20-12)16-5-3-10-9(7-16)4-6-19-10/h4,6H,3,5,7,15H2,1-2H3. The monoisotopic (exact) mass is 324 g/mol. The minimum Gasteiger partial charge on any atom is -0.396 e. The Kier molecular flexibility index (Phi) is 3.79. The van der Waals surface area contributed by atoms with E-state index in [1.165, 1.54) is 21.8 Å². The van der Waals surface area contributed by atoms with Gasteiger partial charge in [-0.2, -0.15) is 0 Å². The van der Waals surface area contributed by atoms with Crippen LogP contribution in [0, 0.1) is 0 Å². The van der Waals surface area contributed by atoms with Gasteiger partial charge in [-0.15, -0.1) is 34.4 Å². The summed E-state index contributed by atoms with van der Waals surface area (Å²) < 4.78 is 0. The number of fused-ring (bicyclic) bond motifs is 1. The lowest BCUT2D eigenvalue weighted by molar-refractivity contribution is 0.102. The van der Waals surface area contributed by atoms with Crippen LogP contribution < -0.4 is 10.6 Å². The summed E-state index contributed by atoms with van der Waals surface area (Å²) in [7, 11) is 0. The number of nitrogens with zero attached hydrogens (tertiary/aromatic N) is 1. The summed E-state index contributed by atoms with van der Waals surface area (Å²) in [6.07, 6.45) is 3.10. The number of carbonyl (C=O) groups is 1. The molecule has 6 heteroatoms. The van der Waals surface area contributed by atoms with Gasteiger partial charge in [-0.3, -0.25) is 4.79 Å². The molecule has 0 saturated carbocycles. The molecule has 1 aliphatic rings. The molecule has 0 amide bonds. The number of hydrogen-bond acceptors (Lipinski definition) is 6. The van der Waals surface area contributed by atoms with E-state index in [4.69, 9.17) is 5.73 Å². The largest absolute Gasteiger partial charge is 0.396 e. The highest BCUT2D eigenvalue weighted by Gasteiger charge is 2.25. The number of Topliss-reactive ketones (excluding diaryl/α,β-unsaturated/α-hetero) is 1. The van der Waals surface area contributed by atoms with Crippen LogP contribution in [0.3, 0.4) is 0 Å². The van der Waals surface area contributed by atoms with Gasteiger partial charge in [0, 0.05) is 24.9 Å². The maximum absolute atomic E-state index is 11.7. The molecule has 2 N–H and O–H groups in total. The van der Waals surface area contributed by atoms with Crippen LogP contribution in [0.5, 0.6) is 0 Å². The van der Waals surface area contributed by atoms with E-state index in [1.807, 2.05) is 17.6 Å². The van der Waals surface area contributed by atoms with Crippen LogP contribution in [0.1, 0.15) is 27.0 Å². The molecule has 3 rings (SSSR count). The van der Waals surface area contributed by atoms with Crippen LogP contribution in [0.4, 0.5) is 10.7 Å². The van der Waals surface area contributed by atoms with E-state index in [-0.39, 0.29) is 5.78 Å². The number of thioether (sulfide) groups is 1. The number of thiophene rings is 2. The lowest BCUT2D eigenvalue weighted by atomic mass is 10.1. The van der Waals surface area contributed by atoms with E-state index in [9.17, 15) is 4.79 Å². The van der Waals surface area contributed by atoms with Crippen molar-refractivity contribution >= 4 is 50.9 Å². The number of anilines is 2. The highest BCUT2D eigenvalue weighted by molar-refractivity contribution is 7.99. The molecule has 0 atom stereocenters. The number of hydrogen-bond donors (Lipinski definition) is 1. The molecule has 0 aliphatic carbocycles. The average molecular weight is 324 g/mol. The maximum atomic E-state index is 11.7. The van der Waals surface area contributed by atoms with Crippen molar-refractivity contribution in [1.29, 1.82) is 0 Å². The van der Waals surface area contributed by atoms with Gasteiger partial charge in [0.2, 0.25) is 0 Å². The first-order chi connectivity index (χ1) is 9.61. The molecule has 0 bridgehead atoms. The lowest BCUT2D eigenvalue weighted by Crippen LogP contribution is -2.29. The molecule has 20 heavy (non-hydrogen) atoms. The summed E-state index contributed by atoms with van der Waals surface area (Å²) in [4.78, 5) is 17.3. The average Bonchev–Trinajstić information content (AvgIpc) is 3.01. The Hall–Kier alpha value is -0.980. The van der Waals surface area contributed by atoms with E-state index in [0.717, 1.165) is 29.4 Å². The Morgan fingerprint density at radius 1 is 1.50 bits per heavy atom. The molecule has 3 heterocycles. The highest BCUT2D eigenvalue weighted by Crippen LogP contribution is 2.45. The summed E-state index contributed by atoms with van der Waals surface area (Å²) >= 11 is 5.01. The third-order valence-corrected chi connectivity index (χ3v) is 6.84. The first-order valence-electron chi connectivity index (χ1n) is 6.39. The van der Waals surface area contributed by atoms with Crippen molar-refractivity contribution in [2.45, 2.75) is 24.8 Å². The second kappa shape index (κ2) is 5.42. The molecule has 1 aliphatic heterocycles. The van der Waals surface area contributed by atoms with Gasteiger partial charge in [-0.25, -0.2) is 0 Å². The third-order valence-electron chi connectivity index (χ3n) is 3.50. The van der Waals surface area contributed by atoms with Gasteiger partial charge in [0.25, 0.3) is 0 Å². The van der Waals surface area contributed by atoms with E-state index >= 15 is 0 Å². The lowest BCUT2D eigenvalue weighted by Gasteiger charge is -2.28. The number of nitrogen functional groups attached to an aromatic ring is 1. The predicted octanol–water partition coefficient (Wildman–Crippen LogP) is 3.88. The highest BCUT2D eigenvalue weighted by atomic mass is 32.2. The van der Waals surface area contributed by atoms with Crippen molar-refractivity contribution in [3.8, 4) is 0 Å². The quantitative estimate of drug-likeness (QED) is 0.687. The van der Waals surface area contributed by atoms with Gasteiger partial charge in [0.1, 0.15) is 5.00 Å². The van der Waals surface area contributed by atoms with E-state index in [1.54, 1.807) is 18.7 Å². The number of carbonyl (C=O) groups excluding carboxylic acids is 1. The number of ketones is 1. The minimum atomic E-state index is 0.0577. The van der Waals surface area contributed by atoms with Crippen molar-refractivity contribution in [3.05, 3.63) is 26.8 Å². The molecule has 0 saturated heterocycles. The number of nitrogens with two attached hydrogens (primary N) is 1. The zero-order chi connectivity index (χ0) is 14.3. The SMILES string of the molecule is CSc1c(N2CCc3sccc3C2)sc(C(C)=O)c1N. The smallest absolute Gasteiger partial charge is 0.171 e. The Morgan fingerprint density at radius 2 is 2.30 bits per heavy atom. The van der Waals surface area contributed by atoms with E-state index < -0.39 is 0 Å². The van der Waals surface area contributed by atoms with Crippen molar-refractivity contribution in [2.24, 2.45) is 0 Å². The molecule has 0 fully saturated rings. The summed E-state index contributed by atoms with van der Waals surface area (Å²) in [6, 6.07) is 2.20. The van der Waals surface area contributed by atoms with Crippen LogP contribution in [0.15, 0.2) is 16.3 Å². The molecular weight excluding hydrogens is 308 g/mol. The number of rotatable bonds is 3. The first-order valence-corrected chi connectivity index (χ1v) is 9.31. The summed E-state index contributed by atoms with van der Waals surface area (Å²) in [5.74, 6) is 0.0577. The van der Waals surface area contributed by atoms with Crippen LogP contribution in [0.25, 0.3) is 0 Å². The Labute approximate surface area is 130 Å². The second-order valence-corrected chi connectivity index (χ2v) is 7.60. The molecule has 3 nitrogen and oxygen atoms in total. The fourth-order valence-electron chi connectivity index (χ4n) is 2.51. The Balaban J connectivity index is 1.99. The van der Waals surface area contributed by atoms with Crippen molar-refractivity contribution in [3.63, 3.8) is 0 Å². The van der Waals surface area contributed by atoms with E-state index in [0.29, 0.717) is 10.6 Å². The van der Waals surface area contributed by atoms with Gasteiger partial charge in [0.15, 0.2) is 5.78 Å². The van der Waals surface area contributed by atoms with Crippen LogP contribution in [-0.4, -0.2) is 18.6 Å². The molecule has 106 valence electrons.